The van der Waals surface area contributed by atoms with E-state index in [1.165, 1.54) is 11.3 Å². The minimum Gasteiger partial charge on any atom is -0.334 e. The number of H-pyrrole nitrogens is 1. The number of fused-ring (bicyclic) bond motifs is 3. The summed E-state index contributed by atoms with van der Waals surface area (Å²) in [6.45, 7) is 0.600. The molecule has 2 fully saturated rings. The number of nitrogens with zero attached hydrogens (tertiary/aromatic N) is 2. The first kappa shape index (κ1) is 17.4. The number of aromatic nitrogens is 2. The van der Waals surface area contributed by atoms with Crippen LogP contribution in [0.3, 0.4) is 0 Å². The van der Waals surface area contributed by atoms with Gasteiger partial charge in [-0.25, -0.2) is 13.1 Å². The van der Waals surface area contributed by atoms with Gasteiger partial charge >= 0.3 is 0 Å². The number of aromatic amines is 1. The van der Waals surface area contributed by atoms with Gasteiger partial charge in [-0.1, -0.05) is 6.07 Å². The summed E-state index contributed by atoms with van der Waals surface area (Å²) in [5, 5.41) is 9.12. The molecule has 7 nitrogen and oxygen atoms in total. The summed E-state index contributed by atoms with van der Waals surface area (Å²) in [6, 6.07) is 3.36. The van der Waals surface area contributed by atoms with Gasteiger partial charge in [0.25, 0.3) is 5.91 Å². The van der Waals surface area contributed by atoms with E-state index in [1.54, 1.807) is 17.5 Å². The maximum absolute atomic E-state index is 13.1. The molecule has 2 N–H and O–H groups in total. The predicted octanol–water partition coefficient (Wildman–Crippen LogP) is 1.93. The molecule has 0 aromatic carbocycles. The van der Waals surface area contributed by atoms with E-state index in [0.717, 1.165) is 43.4 Å². The van der Waals surface area contributed by atoms with Gasteiger partial charge in [-0.2, -0.15) is 5.10 Å². The van der Waals surface area contributed by atoms with Crippen LogP contribution in [0.5, 0.6) is 0 Å². The van der Waals surface area contributed by atoms with Crippen molar-refractivity contribution in [3.05, 3.63) is 34.5 Å². The van der Waals surface area contributed by atoms with Crippen molar-refractivity contribution in [3.8, 4) is 0 Å². The summed E-state index contributed by atoms with van der Waals surface area (Å²) in [5.41, 5.74) is 2.77. The van der Waals surface area contributed by atoms with E-state index in [0.29, 0.717) is 22.9 Å². The van der Waals surface area contributed by atoms with Gasteiger partial charge in [0, 0.05) is 29.9 Å². The van der Waals surface area contributed by atoms with Crippen molar-refractivity contribution < 1.29 is 13.2 Å². The number of aryl methyl sites for hydroxylation is 1. The summed E-state index contributed by atoms with van der Waals surface area (Å²) in [4.78, 5) is 15.0. The van der Waals surface area contributed by atoms with E-state index in [2.05, 4.69) is 14.9 Å². The Kier molecular flexibility index (Phi) is 4.14. The molecular weight excluding hydrogens is 384 g/mol. The van der Waals surface area contributed by atoms with Gasteiger partial charge in [0.15, 0.2) is 5.69 Å². The van der Waals surface area contributed by atoms with Crippen LogP contribution in [0, 0.1) is 5.92 Å². The summed E-state index contributed by atoms with van der Waals surface area (Å²) < 4.78 is 28.2. The molecule has 144 valence electrons. The molecule has 1 aliphatic heterocycles. The normalized spacial score (nSPS) is 27.1. The number of carbonyl (C=O) groups is 1. The summed E-state index contributed by atoms with van der Waals surface area (Å²) >= 11 is 1.22. The number of piperidine rings is 1. The third kappa shape index (κ3) is 2.92. The van der Waals surface area contributed by atoms with Gasteiger partial charge in [-0.15, -0.1) is 11.3 Å². The molecule has 2 aliphatic carbocycles. The van der Waals surface area contributed by atoms with Crippen molar-refractivity contribution >= 4 is 27.3 Å². The Bertz CT molecular complexity index is 967. The quantitative estimate of drug-likeness (QED) is 0.811. The molecule has 3 aliphatic rings. The summed E-state index contributed by atoms with van der Waals surface area (Å²) in [6.07, 6.45) is 5.66. The van der Waals surface area contributed by atoms with Crippen molar-refractivity contribution in [1.29, 1.82) is 0 Å². The molecule has 5 rings (SSSR count). The largest absolute Gasteiger partial charge is 0.334 e. The Hall–Kier alpha value is -1.71. The van der Waals surface area contributed by atoms with E-state index in [1.807, 2.05) is 4.90 Å². The lowest BCUT2D eigenvalue weighted by atomic mass is 9.95. The highest BCUT2D eigenvalue weighted by Crippen LogP contribution is 2.39. The summed E-state index contributed by atoms with van der Waals surface area (Å²) in [7, 11) is -3.47. The molecule has 3 heterocycles. The van der Waals surface area contributed by atoms with Crippen molar-refractivity contribution in [1.82, 2.24) is 19.8 Å². The first-order chi connectivity index (χ1) is 13.0. The smallest absolute Gasteiger partial charge is 0.274 e. The van der Waals surface area contributed by atoms with Crippen LogP contribution < -0.4 is 4.72 Å². The predicted molar refractivity (Wildman–Crippen MR) is 101 cm³/mol. The molecule has 1 amide bonds. The first-order valence-electron chi connectivity index (χ1n) is 9.46. The average molecular weight is 407 g/mol. The third-order valence-electron chi connectivity index (χ3n) is 6.13. The zero-order chi connectivity index (χ0) is 18.6. The highest BCUT2D eigenvalue weighted by molar-refractivity contribution is 7.91. The molecule has 3 atom stereocenters. The van der Waals surface area contributed by atoms with Crippen molar-refractivity contribution in [2.24, 2.45) is 5.92 Å². The number of nitrogens with one attached hydrogen (secondary N) is 2. The lowest BCUT2D eigenvalue weighted by molar-refractivity contribution is 0.0684. The van der Waals surface area contributed by atoms with E-state index < -0.39 is 10.0 Å². The Labute approximate surface area is 162 Å². The number of hydrogen-bond acceptors (Lipinski definition) is 5. The molecule has 1 saturated heterocycles. The SMILES string of the molecule is O=C(c1n[nH]c2c1CCCC2)N1C[C@@H]2C[C@H]1C[C@@H]2NS(=O)(=O)c1cccs1. The standard InChI is InChI=1S/C18H22N4O3S2/c23-18(17-13-4-1-2-5-14(13)19-20-17)22-10-11-8-12(22)9-15(11)21-27(24,25)16-6-3-7-26-16/h3,6-7,11-12,15,21H,1-2,4-5,8-10H2,(H,19,20)/t11-,12-,15-/m0/s1. The molecule has 2 bridgehead atoms. The lowest BCUT2D eigenvalue weighted by Crippen LogP contribution is -2.47. The topological polar surface area (TPSA) is 95.2 Å². The molecule has 2 aromatic rings. The Morgan fingerprint density at radius 3 is 2.89 bits per heavy atom. The fourth-order valence-electron chi connectivity index (χ4n) is 4.81. The fraction of sp³-hybridized carbons (Fsp3) is 0.556. The highest BCUT2D eigenvalue weighted by atomic mass is 32.2. The second kappa shape index (κ2) is 6.42. The number of rotatable bonds is 4. The third-order valence-corrected chi connectivity index (χ3v) is 9.02. The number of likely N-dealkylation sites (tertiary alicyclic amines) is 1. The summed E-state index contributed by atoms with van der Waals surface area (Å²) in [5.74, 6) is 0.171. The van der Waals surface area contributed by atoms with E-state index in [4.69, 9.17) is 0 Å². The van der Waals surface area contributed by atoms with Crippen LogP contribution >= 0.6 is 11.3 Å². The first-order valence-corrected chi connectivity index (χ1v) is 11.8. The molecule has 9 heteroatoms. The van der Waals surface area contributed by atoms with E-state index in [-0.39, 0.29) is 23.9 Å². The second-order valence-corrected chi connectivity index (χ2v) is 10.6. The molecule has 0 unspecified atom stereocenters. The maximum Gasteiger partial charge on any atom is 0.274 e. The van der Waals surface area contributed by atoms with E-state index in [9.17, 15) is 13.2 Å². The Morgan fingerprint density at radius 1 is 1.30 bits per heavy atom. The zero-order valence-electron chi connectivity index (χ0n) is 14.8. The maximum atomic E-state index is 13.1. The molecule has 27 heavy (non-hydrogen) atoms. The van der Waals surface area contributed by atoms with Crippen molar-refractivity contribution in [2.45, 2.75) is 54.8 Å². The fourth-order valence-corrected chi connectivity index (χ4v) is 7.14. The van der Waals surface area contributed by atoms with Crippen LogP contribution in [0.2, 0.25) is 0 Å². The Balaban J connectivity index is 1.29. The molecule has 0 spiro atoms. The average Bonchev–Trinajstić information content (AvgIpc) is 3.42. The van der Waals surface area contributed by atoms with Crippen LogP contribution in [0.15, 0.2) is 21.7 Å². The number of carbonyl (C=O) groups excluding carboxylic acids is 1. The van der Waals surface area contributed by atoms with Gasteiger partial charge < -0.3 is 4.90 Å². The monoisotopic (exact) mass is 406 g/mol. The number of thiophene rings is 1. The highest BCUT2D eigenvalue weighted by Gasteiger charge is 2.48. The van der Waals surface area contributed by atoms with Gasteiger partial charge in [0.1, 0.15) is 4.21 Å². The van der Waals surface area contributed by atoms with Gasteiger partial charge in [-0.05, 0) is 55.9 Å². The minimum absolute atomic E-state index is 0.00136. The van der Waals surface area contributed by atoms with Crippen molar-refractivity contribution in [2.75, 3.05) is 6.54 Å². The number of amides is 1. The van der Waals surface area contributed by atoms with Gasteiger partial charge in [0.05, 0.1) is 0 Å². The van der Waals surface area contributed by atoms with Gasteiger partial charge in [-0.3, -0.25) is 9.89 Å². The molecule has 0 radical (unpaired) electrons. The van der Waals surface area contributed by atoms with Crippen molar-refractivity contribution in [3.63, 3.8) is 0 Å². The molecule has 1 saturated carbocycles. The van der Waals surface area contributed by atoms with Crippen LogP contribution in [0.25, 0.3) is 0 Å². The van der Waals surface area contributed by atoms with Crippen LogP contribution in [-0.2, 0) is 22.9 Å². The number of hydrogen-bond donors (Lipinski definition) is 2. The van der Waals surface area contributed by atoms with Gasteiger partial charge in [0.2, 0.25) is 10.0 Å². The lowest BCUT2D eigenvalue weighted by Gasteiger charge is -2.31. The second-order valence-electron chi connectivity index (χ2n) is 7.74. The van der Waals surface area contributed by atoms with Crippen LogP contribution in [0.4, 0.5) is 0 Å². The van der Waals surface area contributed by atoms with Crippen LogP contribution in [0.1, 0.15) is 47.4 Å². The number of sulfonamides is 1. The van der Waals surface area contributed by atoms with Crippen LogP contribution in [-0.4, -0.2) is 48.1 Å². The zero-order valence-corrected chi connectivity index (χ0v) is 16.5. The molecule has 2 aromatic heterocycles. The Morgan fingerprint density at radius 2 is 2.15 bits per heavy atom. The minimum atomic E-state index is -3.47. The molecular formula is C18H22N4O3S2. The van der Waals surface area contributed by atoms with E-state index >= 15 is 0 Å².